The molecule has 0 aromatic heterocycles. The van der Waals surface area contributed by atoms with E-state index in [1.165, 1.54) is 12.1 Å². The molecule has 0 atom stereocenters. The quantitative estimate of drug-likeness (QED) is 0.848. The van der Waals surface area contributed by atoms with Gasteiger partial charge in [0.05, 0.1) is 23.5 Å². The van der Waals surface area contributed by atoms with Crippen molar-refractivity contribution in [2.24, 2.45) is 0 Å². The second-order valence-electron chi connectivity index (χ2n) is 4.84. The molecule has 0 saturated carbocycles. The molecule has 0 unspecified atom stereocenters. The molecule has 0 aliphatic carbocycles. The third-order valence-electron chi connectivity index (χ3n) is 2.85. The number of anilines is 1. The Labute approximate surface area is 134 Å². The molecule has 23 heavy (non-hydrogen) atoms. The van der Waals surface area contributed by atoms with Crippen LogP contribution in [0, 0.1) is 11.3 Å². The van der Waals surface area contributed by atoms with Crippen LogP contribution in [-0.2, 0) is 21.4 Å². The molecule has 0 spiro atoms. The van der Waals surface area contributed by atoms with Crippen molar-refractivity contribution in [3.63, 3.8) is 0 Å². The highest BCUT2D eigenvalue weighted by Gasteiger charge is 2.10. The average molecular weight is 330 g/mol. The Bertz CT molecular complexity index is 852. The van der Waals surface area contributed by atoms with E-state index in [4.69, 9.17) is 10.00 Å². The van der Waals surface area contributed by atoms with Crippen LogP contribution in [0.1, 0.15) is 21.5 Å². The van der Waals surface area contributed by atoms with Gasteiger partial charge < -0.3 is 4.74 Å². The number of hydrogen-bond acceptors (Lipinski definition) is 5. The minimum atomic E-state index is -3.41. The van der Waals surface area contributed by atoms with Gasteiger partial charge >= 0.3 is 5.97 Å². The maximum Gasteiger partial charge on any atom is 0.338 e. The molecule has 0 heterocycles. The number of esters is 1. The first-order chi connectivity index (χ1) is 10.9. The van der Waals surface area contributed by atoms with Crippen molar-refractivity contribution in [1.29, 1.82) is 5.26 Å². The minimum absolute atomic E-state index is 0.0638. The van der Waals surface area contributed by atoms with Crippen molar-refractivity contribution in [2.75, 3.05) is 11.0 Å². The zero-order valence-electron chi connectivity index (χ0n) is 12.3. The lowest BCUT2D eigenvalue weighted by Crippen LogP contribution is -2.11. The molecule has 6 nitrogen and oxygen atoms in total. The number of benzene rings is 2. The van der Waals surface area contributed by atoms with E-state index in [0.29, 0.717) is 11.3 Å². The van der Waals surface area contributed by atoms with E-state index in [-0.39, 0.29) is 12.2 Å². The Kier molecular flexibility index (Phi) is 4.98. The number of nitrogens with zero attached hydrogens (tertiary/aromatic N) is 1. The number of rotatable bonds is 5. The predicted molar refractivity (Wildman–Crippen MR) is 85.2 cm³/mol. The predicted octanol–water partition coefficient (Wildman–Crippen LogP) is 2.29. The third-order valence-corrected chi connectivity index (χ3v) is 3.46. The molecule has 0 bridgehead atoms. The van der Waals surface area contributed by atoms with Crippen LogP contribution < -0.4 is 4.72 Å². The van der Waals surface area contributed by atoms with Gasteiger partial charge in [-0.3, -0.25) is 4.72 Å². The summed E-state index contributed by atoms with van der Waals surface area (Å²) >= 11 is 0. The lowest BCUT2D eigenvalue weighted by atomic mass is 10.1. The van der Waals surface area contributed by atoms with Gasteiger partial charge in [-0.05, 0) is 35.9 Å². The number of nitrogens with one attached hydrogen (secondary N) is 1. The smallest absolute Gasteiger partial charge is 0.338 e. The largest absolute Gasteiger partial charge is 0.457 e. The highest BCUT2D eigenvalue weighted by atomic mass is 32.2. The summed E-state index contributed by atoms with van der Waals surface area (Å²) in [6, 6.07) is 14.7. The number of ether oxygens (including phenoxy) is 1. The van der Waals surface area contributed by atoms with Gasteiger partial charge in [-0.2, -0.15) is 5.26 Å². The number of carbonyl (C=O) groups is 1. The molecule has 0 fully saturated rings. The van der Waals surface area contributed by atoms with E-state index in [9.17, 15) is 13.2 Å². The van der Waals surface area contributed by atoms with E-state index in [1.54, 1.807) is 36.4 Å². The first-order valence-corrected chi connectivity index (χ1v) is 8.50. The summed E-state index contributed by atoms with van der Waals surface area (Å²) in [7, 11) is -3.41. The Hall–Kier alpha value is -2.85. The topological polar surface area (TPSA) is 96.3 Å². The summed E-state index contributed by atoms with van der Waals surface area (Å²) in [4.78, 5) is 12.0. The van der Waals surface area contributed by atoms with E-state index in [0.717, 1.165) is 11.8 Å². The zero-order chi connectivity index (χ0) is 16.9. The second kappa shape index (κ2) is 6.94. The molecule has 0 amide bonds. The number of nitriles is 1. The molecular weight excluding hydrogens is 316 g/mol. The van der Waals surface area contributed by atoms with E-state index < -0.39 is 16.0 Å². The Morgan fingerprint density at radius 3 is 2.52 bits per heavy atom. The summed E-state index contributed by atoms with van der Waals surface area (Å²) < 4.78 is 29.9. The molecule has 0 aliphatic rings. The molecule has 1 N–H and O–H groups in total. The third kappa shape index (κ3) is 5.13. The first-order valence-electron chi connectivity index (χ1n) is 6.61. The molecule has 7 heteroatoms. The summed E-state index contributed by atoms with van der Waals surface area (Å²) in [6.07, 6.45) is 1.03. The molecule has 2 aromatic rings. The van der Waals surface area contributed by atoms with Crippen LogP contribution in [0.15, 0.2) is 48.5 Å². The molecule has 2 rings (SSSR count). The Balaban J connectivity index is 2.03. The van der Waals surface area contributed by atoms with Crippen molar-refractivity contribution in [3.8, 4) is 6.07 Å². The lowest BCUT2D eigenvalue weighted by Gasteiger charge is -2.07. The molecule has 0 radical (unpaired) electrons. The van der Waals surface area contributed by atoms with E-state index >= 15 is 0 Å². The van der Waals surface area contributed by atoms with E-state index in [1.807, 2.05) is 6.07 Å². The van der Waals surface area contributed by atoms with Crippen molar-refractivity contribution < 1.29 is 17.9 Å². The van der Waals surface area contributed by atoms with Crippen LogP contribution in [0.2, 0.25) is 0 Å². The number of sulfonamides is 1. The Morgan fingerprint density at radius 1 is 1.22 bits per heavy atom. The van der Waals surface area contributed by atoms with Crippen LogP contribution in [0.3, 0.4) is 0 Å². The zero-order valence-corrected chi connectivity index (χ0v) is 13.1. The average Bonchev–Trinajstić information content (AvgIpc) is 2.51. The molecule has 118 valence electrons. The Morgan fingerprint density at radius 2 is 1.91 bits per heavy atom. The van der Waals surface area contributed by atoms with Gasteiger partial charge in [0.2, 0.25) is 10.0 Å². The van der Waals surface area contributed by atoms with Gasteiger partial charge in [0.25, 0.3) is 0 Å². The van der Waals surface area contributed by atoms with Crippen molar-refractivity contribution in [3.05, 3.63) is 65.2 Å². The molecular formula is C16H14N2O4S. The standard InChI is InChI=1S/C16H14N2O4S/c1-23(20,21)18-15-4-2-3-14(9-15)16(19)22-11-13-7-5-12(10-17)6-8-13/h2-9,18H,11H2,1H3. The summed E-state index contributed by atoms with van der Waals surface area (Å²) in [5.74, 6) is -0.563. The van der Waals surface area contributed by atoms with Crippen LogP contribution in [0.25, 0.3) is 0 Å². The fourth-order valence-electron chi connectivity index (χ4n) is 1.83. The van der Waals surface area contributed by atoms with Gasteiger partial charge in [-0.25, -0.2) is 13.2 Å². The fraction of sp³-hybridized carbons (Fsp3) is 0.125. The molecule has 0 aliphatic heterocycles. The first kappa shape index (κ1) is 16.5. The minimum Gasteiger partial charge on any atom is -0.457 e. The SMILES string of the molecule is CS(=O)(=O)Nc1cccc(C(=O)OCc2ccc(C#N)cc2)c1. The summed E-state index contributed by atoms with van der Waals surface area (Å²) in [5.41, 5.74) is 1.81. The van der Waals surface area contributed by atoms with Crippen LogP contribution in [0.4, 0.5) is 5.69 Å². The molecule has 2 aromatic carbocycles. The summed E-state index contributed by atoms with van der Waals surface area (Å²) in [6.45, 7) is 0.0638. The van der Waals surface area contributed by atoms with Gasteiger partial charge in [0.15, 0.2) is 0 Å². The highest BCUT2D eigenvalue weighted by molar-refractivity contribution is 7.92. The second-order valence-corrected chi connectivity index (χ2v) is 6.59. The summed E-state index contributed by atoms with van der Waals surface area (Å²) in [5, 5.41) is 8.72. The van der Waals surface area contributed by atoms with Crippen molar-refractivity contribution in [1.82, 2.24) is 0 Å². The normalized spacial score (nSPS) is 10.6. The van der Waals surface area contributed by atoms with Gasteiger partial charge in [-0.1, -0.05) is 18.2 Å². The number of hydrogen-bond donors (Lipinski definition) is 1. The van der Waals surface area contributed by atoms with Gasteiger partial charge in [0, 0.05) is 5.69 Å². The molecule has 0 saturated heterocycles. The monoisotopic (exact) mass is 330 g/mol. The van der Waals surface area contributed by atoms with Crippen LogP contribution in [-0.4, -0.2) is 20.6 Å². The van der Waals surface area contributed by atoms with Gasteiger partial charge in [0.1, 0.15) is 6.61 Å². The number of carbonyl (C=O) groups excluding carboxylic acids is 1. The fourth-order valence-corrected chi connectivity index (χ4v) is 2.39. The maximum atomic E-state index is 12.0. The van der Waals surface area contributed by atoms with Crippen LogP contribution in [0.5, 0.6) is 0 Å². The van der Waals surface area contributed by atoms with Gasteiger partial charge in [-0.15, -0.1) is 0 Å². The van der Waals surface area contributed by atoms with Crippen LogP contribution >= 0.6 is 0 Å². The lowest BCUT2D eigenvalue weighted by molar-refractivity contribution is 0.0473. The maximum absolute atomic E-state index is 12.0. The van der Waals surface area contributed by atoms with E-state index in [2.05, 4.69) is 4.72 Å². The van der Waals surface area contributed by atoms with Crippen molar-refractivity contribution in [2.45, 2.75) is 6.61 Å². The highest BCUT2D eigenvalue weighted by Crippen LogP contribution is 2.14. The van der Waals surface area contributed by atoms with Crippen molar-refractivity contribution >= 4 is 21.7 Å².